The molecule has 21 heavy (non-hydrogen) atoms. The smallest absolute Gasteiger partial charge is 0.223 e. The van der Waals surface area contributed by atoms with E-state index in [4.69, 9.17) is 0 Å². The summed E-state index contributed by atoms with van der Waals surface area (Å²) in [4.78, 5) is 12.2. The topological polar surface area (TPSA) is 41.1 Å². The predicted octanol–water partition coefficient (Wildman–Crippen LogP) is 2.47. The summed E-state index contributed by atoms with van der Waals surface area (Å²) in [6.45, 7) is 5.00. The minimum atomic E-state index is 0. The zero-order chi connectivity index (χ0) is 14.0. The maximum absolute atomic E-state index is 12.2. The van der Waals surface area contributed by atoms with E-state index in [0.717, 1.165) is 32.5 Å². The molecule has 1 amide bonds. The largest absolute Gasteiger partial charge is 0.356 e. The van der Waals surface area contributed by atoms with E-state index in [0.29, 0.717) is 5.41 Å². The lowest BCUT2D eigenvalue weighted by Crippen LogP contribution is -2.34. The van der Waals surface area contributed by atoms with Crippen molar-refractivity contribution < 1.29 is 4.79 Å². The minimum Gasteiger partial charge on any atom is -0.356 e. The van der Waals surface area contributed by atoms with Gasteiger partial charge in [0.2, 0.25) is 5.91 Å². The van der Waals surface area contributed by atoms with Crippen molar-refractivity contribution in [2.24, 2.45) is 11.3 Å². The number of rotatable bonds is 4. The number of carbonyl (C=O) groups is 1. The Kier molecular flexibility index (Phi) is 5.28. The van der Waals surface area contributed by atoms with Crippen LogP contribution in [0, 0.1) is 18.3 Å². The Labute approximate surface area is 133 Å². The molecule has 1 atom stereocenters. The Hall–Kier alpha value is -1.06. The molecular formula is C17H25ClN2O. The summed E-state index contributed by atoms with van der Waals surface area (Å²) in [6, 6.07) is 8.55. The van der Waals surface area contributed by atoms with E-state index >= 15 is 0 Å². The molecule has 1 aliphatic heterocycles. The Bertz CT molecular complexity index is 480. The summed E-state index contributed by atoms with van der Waals surface area (Å²) in [7, 11) is 0. The van der Waals surface area contributed by atoms with Crippen molar-refractivity contribution in [3.8, 4) is 0 Å². The number of benzene rings is 1. The highest BCUT2D eigenvalue weighted by Gasteiger charge is 2.57. The van der Waals surface area contributed by atoms with Crippen LogP contribution >= 0.6 is 12.4 Å². The second-order valence-corrected chi connectivity index (χ2v) is 6.40. The van der Waals surface area contributed by atoms with Gasteiger partial charge in [-0.25, -0.2) is 0 Å². The summed E-state index contributed by atoms with van der Waals surface area (Å²) < 4.78 is 0. The molecule has 1 saturated heterocycles. The fourth-order valence-corrected chi connectivity index (χ4v) is 3.40. The van der Waals surface area contributed by atoms with Gasteiger partial charge < -0.3 is 10.6 Å². The van der Waals surface area contributed by atoms with Crippen LogP contribution in [0.15, 0.2) is 24.3 Å². The Morgan fingerprint density at radius 3 is 2.62 bits per heavy atom. The van der Waals surface area contributed by atoms with Crippen molar-refractivity contribution in [3.63, 3.8) is 0 Å². The molecule has 0 bridgehead atoms. The van der Waals surface area contributed by atoms with Crippen molar-refractivity contribution in [2.45, 2.75) is 32.6 Å². The summed E-state index contributed by atoms with van der Waals surface area (Å²) in [5.74, 6) is 0.557. The summed E-state index contributed by atoms with van der Waals surface area (Å²) >= 11 is 0. The minimum absolute atomic E-state index is 0. The zero-order valence-corrected chi connectivity index (χ0v) is 13.5. The molecule has 2 fully saturated rings. The average Bonchev–Trinajstić information content (AvgIpc) is 3.15. The number of hydrogen-bond acceptors (Lipinski definition) is 2. The molecule has 2 N–H and O–H groups in total. The number of carbonyl (C=O) groups excluding carboxylic acids is 1. The van der Waals surface area contributed by atoms with E-state index in [1.54, 1.807) is 0 Å². The lowest BCUT2D eigenvalue weighted by Gasteiger charge is -2.23. The average molecular weight is 309 g/mol. The number of halogens is 1. The molecular weight excluding hydrogens is 284 g/mol. The van der Waals surface area contributed by atoms with Crippen molar-refractivity contribution in [1.29, 1.82) is 0 Å². The molecule has 2 aliphatic rings. The quantitative estimate of drug-likeness (QED) is 0.897. The highest BCUT2D eigenvalue weighted by atomic mass is 35.5. The van der Waals surface area contributed by atoms with E-state index in [1.807, 2.05) is 0 Å². The maximum atomic E-state index is 12.2. The molecule has 1 aromatic rings. The number of nitrogens with one attached hydrogen (secondary N) is 2. The van der Waals surface area contributed by atoms with Crippen LogP contribution in [0.1, 0.15) is 30.4 Å². The summed E-state index contributed by atoms with van der Waals surface area (Å²) in [5, 5.41) is 6.50. The first-order chi connectivity index (χ1) is 9.70. The van der Waals surface area contributed by atoms with Gasteiger partial charge in [-0.15, -0.1) is 12.4 Å². The van der Waals surface area contributed by atoms with Crippen LogP contribution in [0.2, 0.25) is 0 Å². The van der Waals surface area contributed by atoms with Crippen LogP contribution in [-0.4, -0.2) is 25.5 Å². The van der Waals surface area contributed by atoms with Gasteiger partial charge in [0.25, 0.3) is 0 Å². The van der Waals surface area contributed by atoms with Crippen LogP contribution < -0.4 is 10.6 Å². The molecule has 3 rings (SSSR count). The fourth-order valence-electron chi connectivity index (χ4n) is 3.40. The molecule has 1 aromatic carbocycles. The Morgan fingerprint density at radius 1 is 1.29 bits per heavy atom. The van der Waals surface area contributed by atoms with E-state index in [9.17, 15) is 4.79 Å². The van der Waals surface area contributed by atoms with Gasteiger partial charge in [0.15, 0.2) is 0 Å². The highest BCUT2D eigenvalue weighted by Crippen LogP contribution is 2.58. The molecule has 3 nitrogen and oxygen atoms in total. The van der Waals surface area contributed by atoms with Gasteiger partial charge in [0.1, 0.15) is 0 Å². The molecule has 116 valence electrons. The first-order valence-corrected chi connectivity index (χ1v) is 7.74. The third-order valence-corrected chi connectivity index (χ3v) is 4.94. The molecule has 0 aromatic heterocycles. The van der Waals surface area contributed by atoms with E-state index in [-0.39, 0.29) is 24.2 Å². The number of aryl methyl sites for hydroxylation is 1. The summed E-state index contributed by atoms with van der Waals surface area (Å²) in [5.41, 5.74) is 2.92. The van der Waals surface area contributed by atoms with Gasteiger partial charge in [0, 0.05) is 12.5 Å². The molecule has 1 aliphatic carbocycles. The Balaban J connectivity index is 0.00000161. The van der Waals surface area contributed by atoms with E-state index in [1.165, 1.54) is 24.0 Å². The fraction of sp³-hybridized carbons (Fsp3) is 0.588. The number of hydrogen-bond donors (Lipinski definition) is 2. The lowest BCUT2D eigenvalue weighted by molar-refractivity contribution is -0.123. The SMILES string of the molecule is Cc1ccc(CCNC(=O)C2CC23CCNCC3)cc1.Cl. The van der Waals surface area contributed by atoms with Crippen LogP contribution in [0.25, 0.3) is 0 Å². The van der Waals surface area contributed by atoms with Crippen LogP contribution in [0.4, 0.5) is 0 Å². The van der Waals surface area contributed by atoms with Crippen molar-refractivity contribution in [3.05, 3.63) is 35.4 Å². The molecule has 1 spiro atoms. The molecule has 1 saturated carbocycles. The van der Waals surface area contributed by atoms with Crippen LogP contribution in [0.3, 0.4) is 0 Å². The first kappa shape index (κ1) is 16.3. The normalized spacial score (nSPS) is 22.4. The lowest BCUT2D eigenvalue weighted by atomic mass is 9.92. The number of amides is 1. The van der Waals surface area contributed by atoms with Gasteiger partial charge >= 0.3 is 0 Å². The maximum Gasteiger partial charge on any atom is 0.223 e. The van der Waals surface area contributed by atoms with Gasteiger partial charge in [0.05, 0.1) is 0 Å². The van der Waals surface area contributed by atoms with Gasteiger partial charge in [-0.2, -0.15) is 0 Å². The van der Waals surface area contributed by atoms with E-state index < -0.39 is 0 Å². The standard InChI is InChI=1S/C17H24N2O.ClH/c1-13-2-4-14(5-3-13)6-9-19-16(20)15-12-17(15)7-10-18-11-8-17;/h2-5,15,18H,6-12H2,1H3,(H,19,20);1H. The second-order valence-electron chi connectivity index (χ2n) is 6.40. The monoisotopic (exact) mass is 308 g/mol. The van der Waals surface area contributed by atoms with Crippen LogP contribution in [-0.2, 0) is 11.2 Å². The van der Waals surface area contributed by atoms with Gasteiger partial charge in [-0.3, -0.25) is 4.79 Å². The molecule has 1 heterocycles. The van der Waals surface area contributed by atoms with Crippen LogP contribution in [0.5, 0.6) is 0 Å². The summed E-state index contributed by atoms with van der Waals surface area (Å²) in [6.07, 6.45) is 4.37. The predicted molar refractivity (Wildman–Crippen MR) is 87.8 cm³/mol. The van der Waals surface area contributed by atoms with Gasteiger partial charge in [-0.1, -0.05) is 29.8 Å². The van der Waals surface area contributed by atoms with Gasteiger partial charge in [-0.05, 0) is 56.7 Å². The third kappa shape index (κ3) is 3.78. The first-order valence-electron chi connectivity index (χ1n) is 7.74. The Morgan fingerprint density at radius 2 is 1.95 bits per heavy atom. The molecule has 4 heteroatoms. The molecule has 1 unspecified atom stereocenters. The third-order valence-electron chi connectivity index (χ3n) is 4.94. The number of piperidine rings is 1. The van der Waals surface area contributed by atoms with E-state index in [2.05, 4.69) is 41.8 Å². The molecule has 0 radical (unpaired) electrons. The van der Waals surface area contributed by atoms with Crippen molar-refractivity contribution in [2.75, 3.05) is 19.6 Å². The second kappa shape index (κ2) is 6.80. The highest BCUT2D eigenvalue weighted by molar-refractivity contribution is 5.85. The van der Waals surface area contributed by atoms with Crippen molar-refractivity contribution in [1.82, 2.24) is 10.6 Å². The van der Waals surface area contributed by atoms with Crippen molar-refractivity contribution >= 4 is 18.3 Å². The zero-order valence-electron chi connectivity index (χ0n) is 12.7.